The molecule has 1 N–H and O–H groups in total. The van der Waals surface area contributed by atoms with Crippen molar-refractivity contribution in [2.75, 3.05) is 11.9 Å². The van der Waals surface area contributed by atoms with Crippen molar-refractivity contribution in [2.24, 2.45) is 0 Å². The molecule has 3 nitrogen and oxygen atoms in total. The van der Waals surface area contributed by atoms with Crippen LogP contribution in [-0.4, -0.2) is 12.5 Å². The second kappa shape index (κ2) is 6.24. The maximum atomic E-state index is 11.9. The van der Waals surface area contributed by atoms with Crippen LogP contribution in [0.1, 0.15) is 16.7 Å². The first kappa shape index (κ1) is 14.1. The third kappa shape index (κ3) is 3.85. The SMILES string of the molecule is Cc1cccc(OCC(=O)Nc2cc(C)ccc2C)c1. The van der Waals surface area contributed by atoms with Crippen LogP contribution in [0.5, 0.6) is 5.75 Å². The molecule has 0 aliphatic rings. The molecule has 2 aromatic rings. The van der Waals surface area contributed by atoms with Gasteiger partial charge in [0.1, 0.15) is 5.75 Å². The highest BCUT2D eigenvalue weighted by Gasteiger charge is 2.06. The van der Waals surface area contributed by atoms with Gasteiger partial charge >= 0.3 is 0 Å². The third-order valence-corrected chi connectivity index (χ3v) is 3.03. The molecule has 2 rings (SSSR count). The first-order valence-electron chi connectivity index (χ1n) is 6.61. The smallest absolute Gasteiger partial charge is 0.262 e. The van der Waals surface area contributed by atoms with Crippen molar-refractivity contribution in [3.63, 3.8) is 0 Å². The van der Waals surface area contributed by atoms with E-state index in [2.05, 4.69) is 5.32 Å². The van der Waals surface area contributed by atoms with E-state index < -0.39 is 0 Å². The molecule has 2 aromatic carbocycles. The van der Waals surface area contributed by atoms with Crippen LogP contribution in [0.2, 0.25) is 0 Å². The maximum absolute atomic E-state index is 11.9. The highest BCUT2D eigenvalue weighted by molar-refractivity contribution is 5.92. The summed E-state index contributed by atoms with van der Waals surface area (Å²) in [5.41, 5.74) is 4.10. The normalized spacial score (nSPS) is 10.2. The minimum atomic E-state index is -0.153. The second-order valence-electron chi connectivity index (χ2n) is 4.97. The Kier molecular flexibility index (Phi) is 4.41. The molecule has 0 radical (unpaired) electrons. The molecule has 1 amide bonds. The van der Waals surface area contributed by atoms with E-state index in [9.17, 15) is 4.79 Å². The highest BCUT2D eigenvalue weighted by Crippen LogP contribution is 2.16. The zero-order valence-electron chi connectivity index (χ0n) is 12.1. The van der Waals surface area contributed by atoms with Gasteiger partial charge in [0, 0.05) is 5.69 Å². The molecule has 0 aromatic heterocycles. The lowest BCUT2D eigenvalue weighted by Gasteiger charge is -2.10. The molecule has 0 unspecified atom stereocenters. The van der Waals surface area contributed by atoms with Gasteiger partial charge < -0.3 is 10.1 Å². The monoisotopic (exact) mass is 269 g/mol. The number of ether oxygens (including phenoxy) is 1. The summed E-state index contributed by atoms with van der Waals surface area (Å²) in [5.74, 6) is 0.557. The van der Waals surface area contributed by atoms with Gasteiger partial charge in [0.15, 0.2) is 6.61 Å². The van der Waals surface area contributed by atoms with Gasteiger partial charge in [-0.3, -0.25) is 4.79 Å². The van der Waals surface area contributed by atoms with Gasteiger partial charge in [-0.2, -0.15) is 0 Å². The van der Waals surface area contributed by atoms with Gasteiger partial charge in [0.2, 0.25) is 0 Å². The molecule has 0 aliphatic carbocycles. The van der Waals surface area contributed by atoms with Gasteiger partial charge in [-0.15, -0.1) is 0 Å². The number of hydrogen-bond donors (Lipinski definition) is 1. The first-order chi connectivity index (χ1) is 9.54. The quantitative estimate of drug-likeness (QED) is 0.920. The predicted molar refractivity (Wildman–Crippen MR) is 81.2 cm³/mol. The van der Waals surface area contributed by atoms with Crippen LogP contribution in [0.15, 0.2) is 42.5 Å². The molecule has 104 valence electrons. The number of carbonyl (C=O) groups is 1. The lowest BCUT2D eigenvalue weighted by molar-refractivity contribution is -0.118. The zero-order chi connectivity index (χ0) is 14.5. The van der Waals surface area contributed by atoms with E-state index >= 15 is 0 Å². The number of rotatable bonds is 4. The van der Waals surface area contributed by atoms with Gasteiger partial charge in [-0.25, -0.2) is 0 Å². The largest absolute Gasteiger partial charge is 0.484 e. The van der Waals surface area contributed by atoms with E-state index in [1.165, 1.54) is 0 Å². The Bertz CT molecular complexity index is 620. The summed E-state index contributed by atoms with van der Waals surface area (Å²) in [4.78, 5) is 11.9. The number of nitrogens with one attached hydrogen (secondary N) is 1. The topological polar surface area (TPSA) is 38.3 Å². The fraction of sp³-hybridized carbons (Fsp3) is 0.235. The molecular weight excluding hydrogens is 250 g/mol. The summed E-state index contributed by atoms with van der Waals surface area (Å²) in [6.07, 6.45) is 0. The Morgan fingerprint density at radius 2 is 1.80 bits per heavy atom. The summed E-state index contributed by atoms with van der Waals surface area (Å²) in [5, 5.41) is 2.87. The summed E-state index contributed by atoms with van der Waals surface area (Å²) in [6, 6.07) is 13.6. The number of carbonyl (C=O) groups excluding carboxylic acids is 1. The van der Waals surface area contributed by atoms with E-state index in [0.717, 1.165) is 22.4 Å². The van der Waals surface area contributed by atoms with Crippen LogP contribution < -0.4 is 10.1 Å². The van der Waals surface area contributed by atoms with Gasteiger partial charge in [0.25, 0.3) is 5.91 Å². The standard InChI is InChI=1S/C17H19NO2/c1-12-5-4-6-15(9-12)20-11-17(19)18-16-10-13(2)7-8-14(16)3/h4-10H,11H2,1-3H3,(H,18,19). The molecule has 0 heterocycles. The van der Waals surface area contributed by atoms with Crippen LogP contribution in [0.3, 0.4) is 0 Å². The average Bonchev–Trinajstić information content (AvgIpc) is 2.41. The van der Waals surface area contributed by atoms with Crippen molar-refractivity contribution < 1.29 is 9.53 Å². The molecule has 0 bridgehead atoms. The van der Waals surface area contributed by atoms with Crippen molar-refractivity contribution in [2.45, 2.75) is 20.8 Å². The van der Waals surface area contributed by atoms with Crippen LogP contribution in [0, 0.1) is 20.8 Å². The number of amides is 1. The summed E-state index contributed by atoms with van der Waals surface area (Å²) in [7, 11) is 0. The summed E-state index contributed by atoms with van der Waals surface area (Å²) < 4.78 is 5.48. The van der Waals surface area contributed by atoms with Gasteiger partial charge in [0.05, 0.1) is 0 Å². The Hall–Kier alpha value is -2.29. The molecule has 3 heteroatoms. The highest BCUT2D eigenvalue weighted by atomic mass is 16.5. The number of anilines is 1. The van der Waals surface area contributed by atoms with Gasteiger partial charge in [-0.1, -0.05) is 24.3 Å². The number of hydrogen-bond acceptors (Lipinski definition) is 2. The number of benzene rings is 2. The van der Waals surface area contributed by atoms with E-state index in [1.807, 2.05) is 63.2 Å². The lowest BCUT2D eigenvalue weighted by atomic mass is 10.1. The van der Waals surface area contributed by atoms with Crippen LogP contribution >= 0.6 is 0 Å². The van der Waals surface area contributed by atoms with Crippen molar-refractivity contribution in [1.29, 1.82) is 0 Å². The van der Waals surface area contributed by atoms with Crippen molar-refractivity contribution in [1.82, 2.24) is 0 Å². The molecule has 20 heavy (non-hydrogen) atoms. The maximum Gasteiger partial charge on any atom is 0.262 e. The summed E-state index contributed by atoms with van der Waals surface area (Å²) in [6.45, 7) is 5.97. The minimum Gasteiger partial charge on any atom is -0.484 e. The van der Waals surface area contributed by atoms with Crippen LogP contribution in [0.4, 0.5) is 5.69 Å². The molecule has 0 atom stereocenters. The zero-order valence-corrected chi connectivity index (χ0v) is 12.1. The Morgan fingerprint density at radius 1 is 1.05 bits per heavy atom. The molecule has 0 aliphatic heterocycles. The fourth-order valence-electron chi connectivity index (χ4n) is 1.91. The Morgan fingerprint density at radius 3 is 2.55 bits per heavy atom. The minimum absolute atomic E-state index is 0.0107. The van der Waals surface area contributed by atoms with Gasteiger partial charge in [-0.05, 0) is 55.7 Å². The molecule has 0 spiro atoms. The predicted octanol–water partition coefficient (Wildman–Crippen LogP) is 3.63. The Balaban J connectivity index is 1.94. The van der Waals surface area contributed by atoms with Crippen LogP contribution in [-0.2, 0) is 4.79 Å². The van der Waals surface area contributed by atoms with Crippen molar-refractivity contribution in [3.05, 3.63) is 59.2 Å². The van der Waals surface area contributed by atoms with E-state index in [1.54, 1.807) is 0 Å². The fourth-order valence-corrected chi connectivity index (χ4v) is 1.91. The van der Waals surface area contributed by atoms with Crippen molar-refractivity contribution >= 4 is 11.6 Å². The second-order valence-corrected chi connectivity index (χ2v) is 4.97. The lowest BCUT2D eigenvalue weighted by Crippen LogP contribution is -2.20. The molecule has 0 fully saturated rings. The summed E-state index contributed by atoms with van der Waals surface area (Å²) >= 11 is 0. The van der Waals surface area contributed by atoms with Crippen molar-refractivity contribution in [3.8, 4) is 5.75 Å². The molecular formula is C17H19NO2. The third-order valence-electron chi connectivity index (χ3n) is 3.03. The number of aryl methyl sites for hydroxylation is 3. The first-order valence-corrected chi connectivity index (χ1v) is 6.61. The average molecular weight is 269 g/mol. The van der Waals surface area contributed by atoms with Crippen LogP contribution in [0.25, 0.3) is 0 Å². The van der Waals surface area contributed by atoms with E-state index in [0.29, 0.717) is 5.75 Å². The Labute approximate surface area is 119 Å². The van der Waals surface area contributed by atoms with E-state index in [4.69, 9.17) is 4.74 Å². The van der Waals surface area contributed by atoms with E-state index in [-0.39, 0.29) is 12.5 Å². The molecule has 0 saturated carbocycles. The molecule has 0 saturated heterocycles.